The zero-order valence-electron chi connectivity index (χ0n) is 18.7. The zero-order valence-corrected chi connectivity index (χ0v) is 18.7. The predicted molar refractivity (Wildman–Crippen MR) is 123 cm³/mol. The zero-order chi connectivity index (χ0) is 22.2. The van der Waals surface area contributed by atoms with Gasteiger partial charge in [-0.15, -0.1) is 0 Å². The number of amides is 1. The fourth-order valence-corrected chi connectivity index (χ4v) is 4.94. The van der Waals surface area contributed by atoms with E-state index in [0.29, 0.717) is 6.54 Å². The van der Waals surface area contributed by atoms with Crippen molar-refractivity contribution in [2.45, 2.75) is 52.2 Å². The van der Waals surface area contributed by atoms with Crippen LogP contribution < -0.4 is 10.2 Å². The summed E-state index contributed by atoms with van der Waals surface area (Å²) in [5.74, 6) is 1.72. The molecule has 32 heavy (non-hydrogen) atoms. The summed E-state index contributed by atoms with van der Waals surface area (Å²) < 4.78 is 10.9. The molecule has 7 heteroatoms. The van der Waals surface area contributed by atoms with Gasteiger partial charge in [-0.25, -0.2) is 4.98 Å². The van der Waals surface area contributed by atoms with Crippen LogP contribution in [-0.4, -0.2) is 29.3 Å². The van der Waals surface area contributed by atoms with E-state index in [1.165, 1.54) is 0 Å². The fourth-order valence-electron chi connectivity index (χ4n) is 4.94. The van der Waals surface area contributed by atoms with Crippen LogP contribution in [0.1, 0.15) is 42.7 Å². The molecular formula is C25H28N4O3. The Morgan fingerprint density at radius 3 is 2.72 bits per heavy atom. The van der Waals surface area contributed by atoms with Gasteiger partial charge in [-0.1, -0.05) is 17.3 Å². The molecule has 0 spiro atoms. The molecule has 1 amide bonds. The van der Waals surface area contributed by atoms with Crippen LogP contribution in [0.5, 0.6) is 0 Å². The SMILES string of the molecule is CO[C@H]1CC[C@H](C(=O)N2Cc3cccnc3Nc3ccc(-c4c(C)noc4C)cc32)CC1. The van der Waals surface area contributed by atoms with Crippen molar-refractivity contribution >= 4 is 23.1 Å². The largest absolute Gasteiger partial charge is 0.381 e. The second-order valence-electron chi connectivity index (χ2n) is 8.70. The lowest BCUT2D eigenvalue weighted by atomic mass is 9.86. The molecule has 2 aromatic heterocycles. The van der Waals surface area contributed by atoms with E-state index in [2.05, 4.69) is 21.5 Å². The minimum Gasteiger partial charge on any atom is -0.381 e. The average Bonchev–Trinajstić information content (AvgIpc) is 3.06. The first-order valence-electron chi connectivity index (χ1n) is 11.2. The van der Waals surface area contributed by atoms with Crippen LogP contribution in [0.25, 0.3) is 11.1 Å². The van der Waals surface area contributed by atoms with Gasteiger partial charge in [0.25, 0.3) is 0 Å². The number of fused-ring (bicyclic) bond motifs is 2. The summed E-state index contributed by atoms with van der Waals surface area (Å²) in [6, 6.07) is 10.1. The molecule has 0 unspecified atom stereocenters. The van der Waals surface area contributed by atoms with Crippen molar-refractivity contribution in [2.75, 3.05) is 17.3 Å². The van der Waals surface area contributed by atoms with Gasteiger partial charge < -0.3 is 19.5 Å². The molecule has 166 valence electrons. The van der Waals surface area contributed by atoms with Gasteiger partial charge in [0.2, 0.25) is 5.91 Å². The molecule has 2 aliphatic rings. The van der Waals surface area contributed by atoms with Crippen molar-refractivity contribution in [3.8, 4) is 11.1 Å². The third kappa shape index (κ3) is 3.66. The molecule has 1 saturated carbocycles. The lowest BCUT2D eigenvalue weighted by molar-refractivity contribution is -0.124. The predicted octanol–water partition coefficient (Wildman–Crippen LogP) is 5.15. The van der Waals surface area contributed by atoms with Gasteiger partial charge in [0.05, 0.1) is 29.7 Å². The van der Waals surface area contributed by atoms with E-state index in [0.717, 1.165) is 71.0 Å². The van der Waals surface area contributed by atoms with Gasteiger partial charge in [0.15, 0.2) is 0 Å². The maximum atomic E-state index is 13.8. The van der Waals surface area contributed by atoms with Crippen molar-refractivity contribution in [1.29, 1.82) is 0 Å². The monoisotopic (exact) mass is 432 g/mol. The summed E-state index contributed by atoms with van der Waals surface area (Å²) >= 11 is 0. The Balaban J connectivity index is 1.56. The van der Waals surface area contributed by atoms with E-state index in [9.17, 15) is 4.79 Å². The average molecular weight is 433 g/mol. The van der Waals surface area contributed by atoms with Crippen molar-refractivity contribution in [1.82, 2.24) is 10.1 Å². The molecule has 1 N–H and O–H groups in total. The number of carbonyl (C=O) groups is 1. The summed E-state index contributed by atoms with van der Waals surface area (Å²) in [7, 11) is 1.75. The van der Waals surface area contributed by atoms with Gasteiger partial charge in [-0.3, -0.25) is 4.79 Å². The topological polar surface area (TPSA) is 80.5 Å². The number of anilines is 3. The number of aromatic nitrogens is 2. The number of pyridine rings is 1. The Morgan fingerprint density at radius 1 is 1.19 bits per heavy atom. The number of ether oxygens (including phenoxy) is 1. The molecule has 0 saturated heterocycles. The number of benzene rings is 1. The van der Waals surface area contributed by atoms with Crippen molar-refractivity contribution in [3.05, 3.63) is 53.5 Å². The minimum absolute atomic E-state index is 0.00445. The van der Waals surface area contributed by atoms with E-state index in [-0.39, 0.29) is 17.9 Å². The summed E-state index contributed by atoms with van der Waals surface area (Å²) in [4.78, 5) is 20.3. The number of nitrogens with one attached hydrogen (secondary N) is 1. The first kappa shape index (κ1) is 20.7. The van der Waals surface area contributed by atoms with E-state index < -0.39 is 0 Å². The van der Waals surface area contributed by atoms with Crippen LogP contribution in [-0.2, 0) is 16.1 Å². The second kappa shape index (κ2) is 8.39. The van der Waals surface area contributed by atoms with E-state index in [1.54, 1.807) is 13.3 Å². The van der Waals surface area contributed by atoms with Crippen LogP contribution in [0.3, 0.4) is 0 Å². The van der Waals surface area contributed by atoms with E-state index >= 15 is 0 Å². The Kier molecular flexibility index (Phi) is 5.43. The standard InChI is InChI=1S/C25H28N4O3/c1-15-23(16(2)32-28-15)18-8-11-21-22(13-18)29(14-19-5-4-12-26-24(19)27-21)25(30)17-6-9-20(31-3)10-7-17/h4-5,8,11-13,17,20H,6-7,9-10,14H2,1-3H3,(H,26,27)/t17-,20-. The summed E-state index contributed by atoms with van der Waals surface area (Å²) in [6.07, 6.45) is 5.56. The fraction of sp³-hybridized carbons (Fsp3) is 0.400. The Labute approximate surface area is 187 Å². The number of rotatable bonds is 3. The van der Waals surface area contributed by atoms with Gasteiger partial charge in [-0.2, -0.15) is 0 Å². The van der Waals surface area contributed by atoms with Crippen LogP contribution in [0, 0.1) is 19.8 Å². The highest BCUT2D eigenvalue weighted by Gasteiger charge is 2.33. The molecule has 1 aliphatic heterocycles. The molecule has 1 fully saturated rings. The highest BCUT2D eigenvalue weighted by Crippen LogP contribution is 2.40. The van der Waals surface area contributed by atoms with Gasteiger partial charge >= 0.3 is 0 Å². The molecule has 3 aromatic rings. The summed E-state index contributed by atoms with van der Waals surface area (Å²) in [5.41, 5.74) is 5.53. The minimum atomic E-state index is -0.00445. The van der Waals surface area contributed by atoms with Gasteiger partial charge in [0.1, 0.15) is 11.6 Å². The second-order valence-corrected chi connectivity index (χ2v) is 8.70. The highest BCUT2D eigenvalue weighted by molar-refractivity contribution is 6.00. The molecular weight excluding hydrogens is 404 g/mol. The number of methoxy groups -OCH3 is 1. The molecule has 3 heterocycles. The van der Waals surface area contributed by atoms with Crippen molar-refractivity contribution in [3.63, 3.8) is 0 Å². The van der Waals surface area contributed by atoms with E-state index in [4.69, 9.17) is 9.26 Å². The number of aryl methyl sites for hydroxylation is 2. The summed E-state index contributed by atoms with van der Waals surface area (Å²) in [5, 5.41) is 7.55. The highest BCUT2D eigenvalue weighted by atomic mass is 16.5. The maximum Gasteiger partial charge on any atom is 0.230 e. The lowest BCUT2D eigenvalue weighted by Crippen LogP contribution is -2.38. The normalized spacial score (nSPS) is 20.2. The third-order valence-electron chi connectivity index (χ3n) is 6.71. The third-order valence-corrected chi connectivity index (χ3v) is 6.71. The number of carbonyl (C=O) groups excluding carboxylic acids is 1. The Bertz CT molecular complexity index is 1130. The van der Waals surface area contributed by atoms with Crippen molar-refractivity contribution in [2.24, 2.45) is 5.92 Å². The molecule has 5 rings (SSSR count). The van der Waals surface area contributed by atoms with Crippen LogP contribution in [0.15, 0.2) is 41.1 Å². The number of hydrogen-bond donors (Lipinski definition) is 1. The number of hydrogen-bond acceptors (Lipinski definition) is 6. The Morgan fingerprint density at radius 2 is 2.00 bits per heavy atom. The smallest absolute Gasteiger partial charge is 0.230 e. The Hall–Kier alpha value is -3.19. The van der Waals surface area contributed by atoms with E-state index in [1.807, 2.05) is 43.0 Å². The van der Waals surface area contributed by atoms with Crippen LogP contribution >= 0.6 is 0 Å². The number of nitrogens with zero attached hydrogens (tertiary/aromatic N) is 3. The maximum absolute atomic E-state index is 13.8. The van der Waals surface area contributed by atoms with Crippen LogP contribution in [0.4, 0.5) is 17.2 Å². The lowest BCUT2D eigenvalue weighted by Gasteiger charge is -2.32. The molecule has 0 radical (unpaired) electrons. The molecule has 1 aliphatic carbocycles. The van der Waals surface area contributed by atoms with Crippen LogP contribution in [0.2, 0.25) is 0 Å². The van der Waals surface area contributed by atoms with Gasteiger partial charge in [-0.05, 0) is 63.3 Å². The first-order valence-corrected chi connectivity index (χ1v) is 11.2. The quantitative estimate of drug-likeness (QED) is 0.617. The van der Waals surface area contributed by atoms with Gasteiger partial charge in [0, 0.05) is 30.4 Å². The molecule has 0 bridgehead atoms. The first-order chi connectivity index (χ1) is 15.5. The molecule has 7 nitrogen and oxygen atoms in total. The molecule has 1 aromatic carbocycles. The van der Waals surface area contributed by atoms with Crippen molar-refractivity contribution < 1.29 is 14.1 Å². The summed E-state index contributed by atoms with van der Waals surface area (Å²) in [6.45, 7) is 4.33. The molecule has 0 atom stereocenters.